The number of likely N-dealkylation sites (N-methyl/N-ethyl adjacent to an activating group) is 2. The molecule has 2 heteroatoms. The lowest BCUT2D eigenvalue weighted by atomic mass is 10.3. The summed E-state index contributed by atoms with van der Waals surface area (Å²) in [6.45, 7) is 20.4. The van der Waals surface area contributed by atoms with Gasteiger partial charge in [0.25, 0.3) is 0 Å². The Labute approximate surface area is 98.6 Å². The maximum absolute atomic E-state index is 2.49. The topological polar surface area (TPSA) is 6.48 Å². The number of hydrogen-bond donors (Lipinski definition) is 0. The van der Waals surface area contributed by atoms with E-state index in [4.69, 9.17) is 0 Å². The van der Waals surface area contributed by atoms with Crippen molar-refractivity contribution in [1.82, 2.24) is 9.80 Å². The van der Waals surface area contributed by atoms with Crippen LogP contribution in [0.15, 0.2) is 0 Å². The molecule has 2 nitrogen and oxygen atoms in total. The van der Waals surface area contributed by atoms with Crippen molar-refractivity contribution in [2.75, 3.05) is 39.8 Å². The second-order valence-corrected chi connectivity index (χ2v) is 2.74. The summed E-state index contributed by atoms with van der Waals surface area (Å²) in [7, 11) is 2.19. The molecule has 1 rings (SSSR count). The third-order valence-corrected chi connectivity index (χ3v) is 2.04. The highest BCUT2D eigenvalue weighted by molar-refractivity contribution is 4.66. The summed E-state index contributed by atoms with van der Waals surface area (Å²) in [5.41, 5.74) is 0. The van der Waals surface area contributed by atoms with Gasteiger partial charge in [0.2, 0.25) is 0 Å². The Bertz CT molecular complexity index is 76.6. The molecule has 0 radical (unpaired) electrons. The van der Waals surface area contributed by atoms with Crippen LogP contribution in [-0.4, -0.2) is 49.6 Å². The zero-order valence-corrected chi connectivity index (χ0v) is 12.4. The molecule has 1 fully saturated rings. The molecule has 0 N–H and O–H groups in total. The van der Waals surface area contributed by atoms with Crippen LogP contribution in [0.3, 0.4) is 0 Å². The van der Waals surface area contributed by atoms with Gasteiger partial charge in [0.05, 0.1) is 0 Å². The molecule has 15 heavy (non-hydrogen) atoms. The molecule has 0 atom stereocenters. The summed E-state index contributed by atoms with van der Waals surface area (Å²) >= 11 is 0. The first-order chi connectivity index (χ1) is 7.33. The molecule has 0 aliphatic carbocycles. The first-order valence-electron chi connectivity index (χ1n) is 6.74. The highest BCUT2D eigenvalue weighted by Gasteiger charge is 2.10. The smallest absolute Gasteiger partial charge is 0.0110 e. The van der Waals surface area contributed by atoms with E-state index in [0.717, 1.165) is 0 Å². The maximum Gasteiger partial charge on any atom is 0.0110 e. The first-order valence-corrected chi connectivity index (χ1v) is 6.74. The van der Waals surface area contributed by atoms with Crippen LogP contribution in [0, 0.1) is 0 Å². The van der Waals surface area contributed by atoms with Gasteiger partial charge in [-0.1, -0.05) is 48.5 Å². The van der Waals surface area contributed by atoms with Gasteiger partial charge in [-0.15, -0.1) is 0 Å². The summed E-state index contributed by atoms with van der Waals surface area (Å²) in [4.78, 5) is 4.87. The van der Waals surface area contributed by atoms with E-state index in [9.17, 15) is 0 Å². The van der Waals surface area contributed by atoms with Gasteiger partial charge in [0, 0.05) is 26.2 Å². The fourth-order valence-electron chi connectivity index (χ4n) is 1.16. The Morgan fingerprint density at radius 1 is 0.733 bits per heavy atom. The Hall–Kier alpha value is -0.0800. The second kappa shape index (κ2) is 19.5. The predicted molar refractivity (Wildman–Crippen MR) is 73.7 cm³/mol. The van der Waals surface area contributed by atoms with Crippen LogP contribution in [0.1, 0.15) is 48.5 Å². The lowest BCUT2D eigenvalue weighted by Crippen LogP contribution is -2.44. The van der Waals surface area contributed by atoms with E-state index in [-0.39, 0.29) is 0 Å². The molecule has 1 aliphatic rings. The zero-order valence-electron chi connectivity index (χ0n) is 12.4. The molecule has 0 spiro atoms. The average molecular weight is 218 g/mol. The minimum Gasteiger partial charge on any atom is -0.304 e. The average Bonchev–Trinajstić information content (AvgIpc) is 2.38. The SMILES string of the molecule is CC.CC.CC.CCN1CCN(C)CC1. The van der Waals surface area contributed by atoms with Crippen LogP contribution in [0.5, 0.6) is 0 Å². The van der Waals surface area contributed by atoms with Crippen LogP contribution in [0.2, 0.25) is 0 Å². The van der Waals surface area contributed by atoms with Gasteiger partial charge in [-0.2, -0.15) is 0 Å². The molecule has 0 aromatic rings. The molecule has 0 unspecified atom stereocenters. The quantitative estimate of drug-likeness (QED) is 0.666. The van der Waals surface area contributed by atoms with Gasteiger partial charge in [0.15, 0.2) is 0 Å². The van der Waals surface area contributed by atoms with E-state index >= 15 is 0 Å². The highest BCUT2D eigenvalue weighted by atomic mass is 15.2. The molecule has 1 heterocycles. The molecule has 0 aromatic carbocycles. The van der Waals surface area contributed by atoms with E-state index in [1.807, 2.05) is 41.5 Å². The molecule has 0 aromatic heterocycles. The largest absolute Gasteiger partial charge is 0.304 e. The monoisotopic (exact) mass is 218 g/mol. The van der Waals surface area contributed by atoms with Crippen LogP contribution in [0.25, 0.3) is 0 Å². The van der Waals surface area contributed by atoms with Gasteiger partial charge in [-0.05, 0) is 13.6 Å². The third kappa shape index (κ3) is 13.9. The minimum atomic E-state index is 1.22. The molecular weight excluding hydrogens is 184 g/mol. The van der Waals surface area contributed by atoms with E-state index in [1.165, 1.54) is 32.7 Å². The van der Waals surface area contributed by atoms with Crippen LogP contribution < -0.4 is 0 Å². The van der Waals surface area contributed by atoms with Crippen molar-refractivity contribution in [2.45, 2.75) is 48.5 Å². The van der Waals surface area contributed by atoms with Crippen LogP contribution >= 0.6 is 0 Å². The molecule has 96 valence electrons. The molecule has 1 saturated heterocycles. The lowest BCUT2D eigenvalue weighted by Gasteiger charge is -2.31. The summed E-state index contributed by atoms with van der Waals surface area (Å²) in [5, 5.41) is 0. The van der Waals surface area contributed by atoms with E-state index < -0.39 is 0 Å². The summed E-state index contributed by atoms with van der Waals surface area (Å²) < 4.78 is 0. The highest BCUT2D eigenvalue weighted by Crippen LogP contribution is 1.96. The van der Waals surface area contributed by atoms with E-state index in [2.05, 4.69) is 23.8 Å². The molecule has 0 amide bonds. The van der Waals surface area contributed by atoms with E-state index in [0.29, 0.717) is 0 Å². The predicted octanol–water partition coefficient (Wildman–Crippen LogP) is 3.33. The van der Waals surface area contributed by atoms with Crippen molar-refractivity contribution in [3.8, 4) is 0 Å². The van der Waals surface area contributed by atoms with Gasteiger partial charge < -0.3 is 9.80 Å². The second-order valence-electron chi connectivity index (χ2n) is 2.74. The Kier molecular flexibility index (Phi) is 26.4. The molecule has 0 saturated carbocycles. The van der Waals surface area contributed by atoms with Crippen LogP contribution in [0.4, 0.5) is 0 Å². The normalized spacial score (nSPS) is 16.0. The molecule has 1 aliphatic heterocycles. The van der Waals surface area contributed by atoms with Crippen molar-refractivity contribution in [3.05, 3.63) is 0 Å². The van der Waals surface area contributed by atoms with Gasteiger partial charge in [0.1, 0.15) is 0 Å². The Balaban J connectivity index is -0.000000208. The first kappa shape index (κ1) is 20.3. The fraction of sp³-hybridized carbons (Fsp3) is 1.00. The number of hydrogen-bond acceptors (Lipinski definition) is 2. The van der Waals surface area contributed by atoms with Gasteiger partial charge in [-0.3, -0.25) is 0 Å². The lowest BCUT2D eigenvalue weighted by molar-refractivity contribution is 0.160. The van der Waals surface area contributed by atoms with Gasteiger partial charge >= 0.3 is 0 Å². The zero-order chi connectivity index (χ0) is 12.7. The maximum atomic E-state index is 2.49. The Morgan fingerprint density at radius 2 is 1.07 bits per heavy atom. The minimum absolute atomic E-state index is 1.22. The number of nitrogens with zero attached hydrogens (tertiary/aromatic N) is 2. The number of piperazine rings is 1. The molecular formula is C13H34N2. The molecule has 0 bridgehead atoms. The van der Waals surface area contributed by atoms with Crippen molar-refractivity contribution >= 4 is 0 Å². The van der Waals surface area contributed by atoms with Crippen LogP contribution in [-0.2, 0) is 0 Å². The summed E-state index contributed by atoms with van der Waals surface area (Å²) in [5.74, 6) is 0. The fourth-order valence-corrected chi connectivity index (χ4v) is 1.16. The standard InChI is InChI=1S/C7H16N2.3C2H6/c1-3-9-6-4-8(2)5-7-9;3*1-2/h3-7H2,1-2H3;3*1-2H3. The third-order valence-electron chi connectivity index (χ3n) is 2.04. The van der Waals surface area contributed by atoms with E-state index in [1.54, 1.807) is 0 Å². The van der Waals surface area contributed by atoms with Gasteiger partial charge in [-0.25, -0.2) is 0 Å². The van der Waals surface area contributed by atoms with Crippen molar-refractivity contribution < 1.29 is 0 Å². The van der Waals surface area contributed by atoms with Crippen molar-refractivity contribution in [3.63, 3.8) is 0 Å². The Morgan fingerprint density at radius 3 is 1.33 bits per heavy atom. The number of rotatable bonds is 1. The van der Waals surface area contributed by atoms with Crippen molar-refractivity contribution in [1.29, 1.82) is 0 Å². The summed E-state index contributed by atoms with van der Waals surface area (Å²) in [6.07, 6.45) is 0. The summed E-state index contributed by atoms with van der Waals surface area (Å²) in [6, 6.07) is 0. The van der Waals surface area contributed by atoms with Crippen molar-refractivity contribution in [2.24, 2.45) is 0 Å².